The van der Waals surface area contributed by atoms with Crippen molar-refractivity contribution < 1.29 is 5.11 Å². The zero-order valence-corrected chi connectivity index (χ0v) is 7.54. The Morgan fingerprint density at radius 1 is 1.58 bits per heavy atom. The third-order valence-electron chi connectivity index (χ3n) is 2.68. The smallest absolute Gasteiger partial charge is 0.0826 e. The van der Waals surface area contributed by atoms with Crippen LogP contribution in [0.4, 0.5) is 0 Å². The second kappa shape index (κ2) is 2.59. The van der Waals surface area contributed by atoms with Gasteiger partial charge in [-0.25, -0.2) is 0 Å². The molecule has 0 fully saturated rings. The van der Waals surface area contributed by atoms with Crippen LogP contribution in [-0.4, -0.2) is 14.9 Å². The summed E-state index contributed by atoms with van der Waals surface area (Å²) in [6.07, 6.45) is 2.69. The third-order valence-corrected chi connectivity index (χ3v) is 2.68. The largest absolute Gasteiger partial charge is 0.388 e. The van der Waals surface area contributed by atoms with Crippen LogP contribution in [0.2, 0.25) is 0 Å². The summed E-state index contributed by atoms with van der Waals surface area (Å²) in [6, 6.07) is 0. The summed E-state index contributed by atoms with van der Waals surface area (Å²) < 4.78 is 1.86. The molecular formula is C9H14N2O. The Morgan fingerprint density at radius 2 is 2.33 bits per heavy atom. The molecule has 0 saturated carbocycles. The monoisotopic (exact) mass is 166 g/mol. The lowest BCUT2D eigenvalue weighted by atomic mass is 9.93. The van der Waals surface area contributed by atoms with E-state index < -0.39 is 0 Å². The van der Waals surface area contributed by atoms with E-state index in [4.69, 9.17) is 0 Å². The van der Waals surface area contributed by atoms with Gasteiger partial charge in [0.05, 0.1) is 11.8 Å². The first-order valence-electron chi connectivity index (χ1n) is 4.40. The molecule has 1 atom stereocenters. The van der Waals surface area contributed by atoms with Crippen LogP contribution in [0.1, 0.15) is 35.9 Å². The molecule has 12 heavy (non-hydrogen) atoms. The standard InChI is InChI=1S/C9H14N2O/c1-6-9-7(10-11(6)2)4-3-5-8(9)12/h8,12H,3-5H2,1-2H3. The first kappa shape index (κ1) is 7.80. The third kappa shape index (κ3) is 0.966. The molecule has 1 unspecified atom stereocenters. The average molecular weight is 166 g/mol. The highest BCUT2D eigenvalue weighted by Gasteiger charge is 2.23. The molecule has 0 spiro atoms. The number of rotatable bonds is 0. The number of fused-ring (bicyclic) bond motifs is 1. The Bertz CT molecular complexity index is 304. The highest BCUT2D eigenvalue weighted by atomic mass is 16.3. The van der Waals surface area contributed by atoms with Gasteiger partial charge in [-0.3, -0.25) is 4.68 Å². The molecule has 2 rings (SSSR count). The van der Waals surface area contributed by atoms with E-state index in [-0.39, 0.29) is 6.10 Å². The van der Waals surface area contributed by atoms with Crippen molar-refractivity contribution in [3.8, 4) is 0 Å². The summed E-state index contributed by atoms with van der Waals surface area (Å²) in [5.74, 6) is 0. The highest BCUT2D eigenvalue weighted by Crippen LogP contribution is 2.30. The SMILES string of the molecule is Cc1c2c(nn1C)CCCC2O. The molecule has 1 heterocycles. The Hall–Kier alpha value is -0.830. The van der Waals surface area contributed by atoms with Crippen molar-refractivity contribution >= 4 is 0 Å². The molecule has 3 nitrogen and oxygen atoms in total. The van der Waals surface area contributed by atoms with Crippen molar-refractivity contribution in [2.45, 2.75) is 32.3 Å². The van der Waals surface area contributed by atoms with E-state index >= 15 is 0 Å². The molecule has 0 amide bonds. The molecule has 1 aromatic rings. The minimum absolute atomic E-state index is 0.276. The Labute approximate surface area is 72.0 Å². The number of hydrogen-bond donors (Lipinski definition) is 1. The maximum atomic E-state index is 9.70. The quantitative estimate of drug-likeness (QED) is 0.626. The number of aliphatic hydroxyl groups excluding tert-OH is 1. The summed E-state index contributed by atoms with van der Waals surface area (Å²) in [6.45, 7) is 2.01. The first-order valence-corrected chi connectivity index (χ1v) is 4.40. The average Bonchev–Trinajstić information content (AvgIpc) is 2.29. The van der Waals surface area contributed by atoms with Crippen molar-refractivity contribution in [2.24, 2.45) is 7.05 Å². The van der Waals surface area contributed by atoms with Gasteiger partial charge in [-0.2, -0.15) is 5.10 Å². The minimum atomic E-state index is -0.276. The predicted octanol–water partition coefficient (Wildman–Crippen LogP) is 1.10. The lowest BCUT2D eigenvalue weighted by Gasteiger charge is -2.16. The second-order valence-electron chi connectivity index (χ2n) is 3.48. The molecule has 1 aromatic heterocycles. The van der Waals surface area contributed by atoms with Gasteiger partial charge in [0.15, 0.2) is 0 Å². The summed E-state index contributed by atoms with van der Waals surface area (Å²) >= 11 is 0. The summed E-state index contributed by atoms with van der Waals surface area (Å²) in [5, 5.41) is 14.1. The van der Waals surface area contributed by atoms with Crippen molar-refractivity contribution in [1.82, 2.24) is 9.78 Å². The van der Waals surface area contributed by atoms with Gasteiger partial charge in [0.25, 0.3) is 0 Å². The maximum Gasteiger partial charge on any atom is 0.0826 e. The van der Waals surface area contributed by atoms with Crippen LogP contribution in [-0.2, 0) is 13.5 Å². The fourth-order valence-electron chi connectivity index (χ4n) is 1.92. The fraction of sp³-hybridized carbons (Fsp3) is 0.667. The Kier molecular flexibility index (Phi) is 1.68. The van der Waals surface area contributed by atoms with Gasteiger partial charge in [-0.1, -0.05) is 0 Å². The molecule has 1 aliphatic rings. The zero-order chi connectivity index (χ0) is 8.72. The lowest BCUT2D eigenvalue weighted by Crippen LogP contribution is -2.08. The van der Waals surface area contributed by atoms with Gasteiger partial charge < -0.3 is 5.11 Å². The molecule has 0 radical (unpaired) electrons. The van der Waals surface area contributed by atoms with Gasteiger partial charge in [-0.15, -0.1) is 0 Å². The number of nitrogens with zero attached hydrogens (tertiary/aromatic N) is 2. The molecule has 0 bridgehead atoms. The first-order chi connectivity index (χ1) is 5.70. The van der Waals surface area contributed by atoms with E-state index in [9.17, 15) is 5.11 Å². The Morgan fingerprint density at radius 3 is 3.00 bits per heavy atom. The van der Waals surface area contributed by atoms with Crippen molar-refractivity contribution in [1.29, 1.82) is 0 Å². The van der Waals surface area contributed by atoms with Crippen LogP contribution < -0.4 is 0 Å². The van der Waals surface area contributed by atoms with Crippen LogP contribution in [0, 0.1) is 6.92 Å². The molecule has 0 aliphatic heterocycles. The maximum absolute atomic E-state index is 9.70. The van der Waals surface area contributed by atoms with E-state index in [1.165, 1.54) is 0 Å². The van der Waals surface area contributed by atoms with Crippen molar-refractivity contribution in [3.63, 3.8) is 0 Å². The van der Waals surface area contributed by atoms with E-state index in [2.05, 4.69) is 5.10 Å². The normalized spacial score (nSPS) is 22.4. The molecule has 1 aliphatic carbocycles. The molecule has 0 aromatic carbocycles. The van der Waals surface area contributed by atoms with E-state index in [0.29, 0.717) is 0 Å². The van der Waals surface area contributed by atoms with E-state index in [0.717, 1.165) is 36.2 Å². The molecular weight excluding hydrogens is 152 g/mol. The fourth-order valence-corrected chi connectivity index (χ4v) is 1.92. The van der Waals surface area contributed by atoms with Crippen LogP contribution >= 0.6 is 0 Å². The number of aryl methyl sites for hydroxylation is 2. The van der Waals surface area contributed by atoms with Gasteiger partial charge in [0.1, 0.15) is 0 Å². The second-order valence-corrected chi connectivity index (χ2v) is 3.48. The predicted molar refractivity (Wildman–Crippen MR) is 45.8 cm³/mol. The van der Waals surface area contributed by atoms with E-state index in [1.807, 2.05) is 18.7 Å². The number of aromatic nitrogens is 2. The minimum Gasteiger partial charge on any atom is -0.388 e. The summed E-state index contributed by atoms with van der Waals surface area (Å²) in [5.41, 5.74) is 3.27. The van der Waals surface area contributed by atoms with Crippen LogP contribution in [0.3, 0.4) is 0 Å². The van der Waals surface area contributed by atoms with Crippen LogP contribution in [0.5, 0.6) is 0 Å². The molecule has 0 saturated heterocycles. The number of hydrogen-bond acceptors (Lipinski definition) is 2. The van der Waals surface area contributed by atoms with Gasteiger partial charge >= 0.3 is 0 Å². The van der Waals surface area contributed by atoms with Crippen molar-refractivity contribution in [3.05, 3.63) is 17.0 Å². The van der Waals surface area contributed by atoms with Gasteiger partial charge in [0, 0.05) is 18.3 Å². The number of aliphatic hydroxyl groups is 1. The zero-order valence-electron chi connectivity index (χ0n) is 7.54. The molecule has 66 valence electrons. The topological polar surface area (TPSA) is 38.0 Å². The van der Waals surface area contributed by atoms with E-state index in [1.54, 1.807) is 0 Å². The summed E-state index contributed by atoms with van der Waals surface area (Å²) in [7, 11) is 1.93. The summed E-state index contributed by atoms with van der Waals surface area (Å²) in [4.78, 5) is 0. The van der Waals surface area contributed by atoms with Crippen LogP contribution in [0.15, 0.2) is 0 Å². The van der Waals surface area contributed by atoms with Gasteiger partial charge in [0.2, 0.25) is 0 Å². The lowest BCUT2D eigenvalue weighted by molar-refractivity contribution is 0.155. The highest BCUT2D eigenvalue weighted by molar-refractivity contribution is 5.29. The van der Waals surface area contributed by atoms with Crippen LogP contribution in [0.25, 0.3) is 0 Å². The van der Waals surface area contributed by atoms with Crippen molar-refractivity contribution in [2.75, 3.05) is 0 Å². The molecule has 1 N–H and O–H groups in total. The van der Waals surface area contributed by atoms with Gasteiger partial charge in [-0.05, 0) is 26.2 Å². The Balaban J connectivity index is 2.54. The molecule has 3 heteroatoms.